The molecule has 3 N–H and O–H groups in total. The van der Waals surface area contributed by atoms with E-state index in [0.29, 0.717) is 18.1 Å². The summed E-state index contributed by atoms with van der Waals surface area (Å²) in [5.41, 5.74) is 8.28. The number of hydrogen-bond acceptors (Lipinski definition) is 5. The van der Waals surface area contributed by atoms with Crippen LogP contribution in [0.4, 0.5) is 5.82 Å². The van der Waals surface area contributed by atoms with E-state index in [9.17, 15) is 0 Å². The summed E-state index contributed by atoms with van der Waals surface area (Å²) in [7, 11) is 0. The molecule has 2 heterocycles. The number of nitrogens with two attached hydrogens (primary N) is 1. The topological polar surface area (TPSA) is 76.7 Å². The maximum absolute atomic E-state index is 5.45. The molecule has 92 valence electrons. The monoisotopic (exact) mass is 259 g/mol. The standard InChI is InChI=1S/C12H13N5S/c1-8-2-3-14-4-9(8)5-16-11-7-15-10(6-17-11)12(13)18/h2-4,6-7H,5H2,1H3,(H2,13,18)(H,16,17). The molecule has 0 radical (unpaired) electrons. The largest absolute Gasteiger partial charge is 0.388 e. The number of aryl methyl sites for hydroxylation is 1. The first-order valence-corrected chi connectivity index (χ1v) is 5.83. The molecular formula is C12H13N5S. The first-order valence-electron chi connectivity index (χ1n) is 5.42. The highest BCUT2D eigenvalue weighted by Crippen LogP contribution is 2.08. The summed E-state index contributed by atoms with van der Waals surface area (Å²) in [5, 5.41) is 3.17. The summed E-state index contributed by atoms with van der Waals surface area (Å²) >= 11 is 4.81. The molecule has 0 aliphatic rings. The Morgan fingerprint density at radius 3 is 2.78 bits per heavy atom. The minimum absolute atomic E-state index is 0.247. The van der Waals surface area contributed by atoms with Crippen LogP contribution in [0.25, 0.3) is 0 Å². The molecule has 2 rings (SSSR count). The third-order valence-electron chi connectivity index (χ3n) is 2.51. The average Bonchev–Trinajstić information content (AvgIpc) is 2.38. The lowest BCUT2D eigenvalue weighted by Gasteiger charge is -2.07. The highest BCUT2D eigenvalue weighted by molar-refractivity contribution is 7.80. The fraction of sp³-hybridized carbons (Fsp3) is 0.167. The predicted octanol–water partition coefficient (Wildman–Crippen LogP) is 1.43. The van der Waals surface area contributed by atoms with Gasteiger partial charge in [-0.15, -0.1) is 0 Å². The van der Waals surface area contributed by atoms with Crippen LogP contribution in [0.15, 0.2) is 30.9 Å². The molecule has 18 heavy (non-hydrogen) atoms. The van der Waals surface area contributed by atoms with E-state index in [-0.39, 0.29) is 4.99 Å². The molecule has 2 aromatic heterocycles. The quantitative estimate of drug-likeness (QED) is 0.809. The van der Waals surface area contributed by atoms with Crippen molar-refractivity contribution in [2.45, 2.75) is 13.5 Å². The third kappa shape index (κ3) is 2.98. The lowest BCUT2D eigenvalue weighted by Crippen LogP contribution is -2.12. The fourth-order valence-corrected chi connectivity index (χ4v) is 1.52. The van der Waals surface area contributed by atoms with Crippen LogP contribution in [0.1, 0.15) is 16.8 Å². The van der Waals surface area contributed by atoms with Crippen LogP contribution in [0.5, 0.6) is 0 Å². The van der Waals surface area contributed by atoms with Gasteiger partial charge in [-0.05, 0) is 24.1 Å². The zero-order valence-electron chi connectivity index (χ0n) is 9.92. The summed E-state index contributed by atoms with van der Waals surface area (Å²) in [6.45, 7) is 2.70. The Morgan fingerprint density at radius 2 is 2.17 bits per heavy atom. The fourth-order valence-electron chi connectivity index (χ4n) is 1.41. The van der Waals surface area contributed by atoms with Crippen molar-refractivity contribution >= 4 is 23.0 Å². The van der Waals surface area contributed by atoms with Gasteiger partial charge in [0.05, 0.1) is 12.4 Å². The van der Waals surface area contributed by atoms with Gasteiger partial charge in [-0.1, -0.05) is 12.2 Å². The molecule has 0 fully saturated rings. The Hall–Kier alpha value is -2.08. The summed E-state index contributed by atoms with van der Waals surface area (Å²) < 4.78 is 0. The molecule has 0 aliphatic carbocycles. The normalized spacial score (nSPS) is 10.1. The molecule has 0 bridgehead atoms. The van der Waals surface area contributed by atoms with Crippen LogP contribution >= 0.6 is 12.2 Å². The van der Waals surface area contributed by atoms with Gasteiger partial charge in [0.25, 0.3) is 0 Å². The number of hydrogen-bond donors (Lipinski definition) is 2. The Kier molecular flexibility index (Phi) is 3.78. The maximum atomic E-state index is 5.45. The Bertz CT molecular complexity index is 553. The Labute approximate surface area is 110 Å². The van der Waals surface area contributed by atoms with Gasteiger partial charge in [-0.3, -0.25) is 4.98 Å². The number of nitrogens with one attached hydrogen (secondary N) is 1. The lowest BCUT2D eigenvalue weighted by atomic mass is 10.2. The van der Waals surface area contributed by atoms with Crippen LogP contribution in [-0.2, 0) is 6.54 Å². The van der Waals surface area contributed by atoms with Crippen LogP contribution in [0, 0.1) is 6.92 Å². The zero-order chi connectivity index (χ0) is 13.0. The van der Waals surface area contributed by atoms with Crippen molar-refractivity contribution in [3.8, 4) is 0 Å². The molecule has 0 aliphatic heterocycles. The van der Waals surface area contributed by atoms with E-state index in [1.165, 1.54) is 5.56 Å². The summed E-state index contributed by atoms with van der Waals surface area (Å²) in [5.74, 6) is 0.679. The number of aromatic nitrogens is 3. The Balaban J connectivity index is 2.02. The van der Waals surface area contributed by atoms with Gasteiger partial charge in [0.2, 0.25) is 0 Å². The molecule has 6 heteroatoms. The minimum Gasteiger partial charge on any atom is -0.388 e. The predicted molar refractivity (Wildman–Crippen MR) is 74.2 cm³/mol. The van der Waals surface area contributed by atoms with Crippen molar-refractivity contribution in [3.05, 3.63) is 47.7 Å². The smallest absolute Gasteiger partial charge is 0.144 e. The van der Waals surface area contributed by atoms with Crippen molar-refractivity contribution in [1.82, 2.24) is 15.0 Å². The number of pyridine rings is 1. The second-order valence-corrected chi connectivity index (χ2v) is 4.25. The van der Waals surface area contributed by atoms with Gasteiger partial charge in [-0.25, -0.2) is 9.97 Å². The average molecular weight is 259 g/mol. The molecule has 2 aromatic rings. The summed E-state index contributed by atoms with van der Waals surface area (Å²) in [4.78, 5) is 12.6. The summed E-state index contributed by atoms with van der Waals surface area (Å²) in [6, 6.07) is 1.97. The van der Waals surface area contributed by atoms with Crippen LogP contribution in [0.2, 0.25) is 0 Å². The number of thiocarbonyl (C=S) groups is 1. The van der Waals surface area contributed by atoms with E-state index < -0.39 is 0 Å². The molecule has 0 spiro atoms. The lowest BCUT2D eigenvalue weighted by molar-refractivity contribution is 1.05. The first-order chi connectivity index (χ1) is 8.66. The maximum Gasteiger partial charge on any atom is 0.144 e. The molecular weight excluding hydrogens is 246 g/mol. The van der Waals surface area contributed by atoms with E-state index in [1.54, 1.807) is 18.6 Å². The van der Waals surface area contributed by atoms with E-state index in [1.807, 2.05) is 19.2 Å². The number of rotatable bonds is 4. The van der Waals surface area contributed by atoms with Gasteiger partial charge in [-0.2, -0.15) is 0 Å². The highest BCUT2D eigenvalue weighted by Gasteiger charge is 2.01. The summed E-state index contributed by atoms with van der Waals surface area (Å²) in [6.07, 6.45) is 6.77. The Morgan fingerprint density at radius 1 is 1.33 bits per heavy atom. The van der Waals surface area contributed by atoms with Crippen molar-refractivity contribution in [2.24, 2.45) is 5.73 Å². The number of nitrogens with zero attached hydrogens (tertiary/aromatic N) is 3. The van der Waals surface area contributed by atoms with E-state index >= 15 is 0 Å². The second kappa shape index (κ2) is 5.50. The van der Waals surface area contributed by atoms with Crippen LogP contribution < -0.4 is 11.1 Å². The second-order valence-electron chi connectivity index (χ2n) is 3.81. The van der Waals surface area contributed by atoms with Gasteiger partial charge < -0.3 is 11.1 Å². The third-order valence-corrected chi connectivity index (χ3v) is 2.72. The number of anilines is 1. The molecule has 0 saturated heterocycles. The molecule has 0 saturated carbocycles. The van der Waals surface area contributed by atoms with E-state index in [4.69, 9.17) is 18.0 Å². The SMILES string of the molecule is Cc1ccncc1CNc1cnc(C(N)=S)cn1. The van der Waals surface area contributed by atoms with Crippen molar-refractivity contribution in [1.29, 1.82) is 0 Å². The van der Waals surface area contributed by atoms with Crippen molar-refractivity contribution < 1.29 is 0 Å². The van der Waals surface area contributed by atoms with Crippen LogP contribution in [-0.4, -0.2) is 19.9 Å². The van der Waals surface area contributed by atoms with Gasteiger partial charge in [0, 0.05) is 18.9 Å². The molecule has 0 amide bonds. The minimum atomic E-state index is 0.247. The zero-order valence-corrected chi connectivity index (χ0v) is 10.7. The first kappa shape index (κ1) is 12.4. The van der Waals surface area contributed by atoms with Crippen molar-refractivity contribution in [2.75, 3.05) is 5.32 Å². The van der Waals surface area contributed by atoms with Gasteiger partial charge in [0.15, 0.2) is 0 Å². The molecule has 0 aromatic carbocycles. The van der Waals surface area contributed by atoms with Gasteiger partial charge >= 0.3 is 0 Å². The van der Waals surface area contributed by atoms with E-state index in [2.05, 4.69) is 20.3 Å². The molecule has 0 atom stereocenters. The molecule has 0 unspecified atom stereocenters. The van der Waals surface area contributed by atoms with Gasteiger partial charge in [0.1, 0.15) is 16.5 Å². The van der Waals surface area contributed by atoms with E-state index in [0.717, 1.165) is 5.56 Å². The highest BCUT2D eigenvalue weighted by atomic mass is 32.1. The molecule has 5 nitrogen and oxygen atoms in total. The van der Waals surface area contributed by atoms with Crippen molar-refractivity contribution in [3.63, 3.8) is 0 Å². The van der Waals surface area contributed by atoms with Crippen LogP contribution in [0.3, 0.4) is 0 Å².